The molecule has 1 spiro atoms. The Kier molecular flexibility index (Phi) is 4.25. The van der Waals surface area contributed by atoms with Gasteiger partial charge in [0.15, 0.2) is 0 Å². The van der Waals surface area contributed by atoms with Crippen molar-refractivity contribution in [1.82, 2.24) is 10.2 Å². The molecular formula is C18H32N2O. The fourth-order valence-corrected chi connectivity index (χ4v) is 5.37. The predicted molar refractivity (Wildman–Crippen MR) is 85.5 cm³/mol. The van der Waals surface area contributed by atoms with Crippen molar-refractivity contribution in [3.63, 3.8) is 0 Å². The first-order valence-corrected chi connectivity index (χ1v) is 9.42. The summed E-state index contributed by atoms with van der Waals surface area (Å²) in [6.07, 6.45) is 14.9. The predicted octanol–water partition coefficient (Wildman–Crippen LogP) is 2.94. The maximum absolute atomic E-state index is 6.07. The van der Waals surface area contributed by atoms with Crippen LogP contribution in [0, 0.1) is 5.41 Å². The van der Waals surface area contributed by atoms with Crippen molar-refractivity contribution < 1.29 is 4.74 Å². The van der Waals surface area contributed by atoms with Crippen LogP contribution in [0.1, 0.15) is 64.2 Å². The minimum absolute atomic E-state index is 0.432. The summed E-state index contributed by atoms with van der Waals surface area (Å²) in [4.78, 5) is 2.66. The van der Waals surface area contributed by atoms with E-state index < -0.39 is 0 Å². The van der Waals surface area contributed by atoms with Crippen LogP contribution in [-0.4, -0.2) is 49.3 Å². The Bertz CT molecular complexity index is 343. The Labute approximate surface area is 129 Å². The minimum atomic E-state index is 0.432. The number of nitrogens with zero attached hydrogens (tertiary/aromatic N) is 1. The van der Waals surface area contributed by atoms with Gasteiger partial charge in [-0.1, -0.05) is 12.8 Å². The second-order valence-electron chi connectivity index (χ2n) is 8.14. The highest BCUT2D eigenvalue weighted by molar-refractivity contribution is 4.92. The van der Waals surface area contributed by atoms with Gasteiger partial charge >= 0.3 is 0 Å². The summed E-state index contributed by atoms with van der Waals surface area (Å²) in [5.74, 6) is 0. The third-order valence-corrected chi connectivity index (χ3v) is 6.81. The molecule has 2 atom stereocenters. The summed E-state index contributed by atoms with van der Waals surface area (Å²) in [6.45, 7) is 4.51. The first-order chi connectivity index (χ1) is 10.3. The molecular weight excluding hydrogens is 260 g/mol. The van der Waals surface area contributed by atoms with E-state index in [2.05, 4.69) is 10.2 Å². The molecule has 0 aromatic carbocycles. The summed E-state index contributed by atoms with van der Waals surface area (Å²) in [6, 6.07) is 1.49. The minimum Gasteiger partial charge on any atom is -0.374 e. The van der Waals surface area contributed by atoms with Gasteiger partial charge in [-0.25, -0.2) is 0 Å². The fraction of sp³-hybridized carbons (Fsp3) is 1.00. The van der Waals surface area contributed by atoms with Gasteiger partial charge in [0.1, 0.15) is 0 Å². The lowest BCUT2D eigenvalue weighted by atomic mass is 9.71. The zero-order valence-corrected chi connectivity index (χ0v) is 13.5. The second kappa shape index (κ2) is 6.17. The Morgan fingerprint density at radius 1 is 1.00 bits per heavy atom. The van der Waals surface area contributed by atoms with E-state index in [1.807, 2.05) is 0 Å². The molecule has 1 N–H and O–H groups in total. The first-order valence-electron chi connectivity index (χ1n) is 9.42. The molecule has 0 amide bonds. The summed E-state index contributed by atoms with van der Waals surface area (Å²) >= 11 is 0. The lowest BCUT2D eigenvalue weighted by molar-refractivity contribution is -0.0486. The normalized spacial score (nSPS) is 37.1. The molecule has 0 bridgehead atoms. The van der Waals surface area contributed by atoms with Crippen LogP contribution in [0.15, 0.2) is 0 Å². The van der Waals surface area contributed by atoms with E-state index in [9.17, 15) is 0 Å². The van der Waals surface area contributed by atoms with Gasteiger partial charge in [-0.2, -0.15) is 0 Å². The van der Waals surface area contributed by atoms with Crippen LogP contribution in [0.25, 0.3) is 0 Å². The van der Waals surface area contributed by atoms with Crippen molar-refractivity contribution in [1.29, 1.82) is 0 Å². The second-order valence-corrected chi connectivity index (χ2v) is 8.14. The SMILES string of the molecule is C1CC2COC(CNC3CCC4(CCCC4)CC3)CN2C1. The maximum Gasteiger partial charge on any atom is 0.0827 e. The number of morpholine rings is 1. The molecule has 2 saturated heterocycles. The molecule has 4 rings (SSSR count). The van der Waals surface area contributed by atoms with Gasteiger partial charge in [0, 0.05) is 25.2 Å². The smallest absolute Gasteiger partial charge is 0.0827 e. The molecule has 2 unspecified atom stereocenters. The van der Waals surface area contributed by atoms with Gasteiger partial charge in [-0.3, -0.25) is 4.90 Å². The molecule has 0 radical (unpaired) electrons. The Morgan fingerprint density at radius 3 is 2.62 bits per heavy atom. The monoisotopic (exact) mass is 292 g/mol. The summed E-state index contributed by atoms with van der Waals surface area (Å²) in [5, 5.41) is 3.83. The Hall–Kier alpha value is -0.120. The summed E-state index contributed by atoms with van der Waals surface area (Å²) in [7, 11) is 0. The van der Waals surface area contributed by atoms with Crippen LogP contribution >= 0.6 is 0 Å². The number of hydrogen-bond donors (Lipinski definition) is 1. The van der Waals surface area contributed by atoms with Crippen molar-refractivity contribution in [3.8, 4) is 0 Å². The van der Waals surface area contributed by atoms with Crippen LogP contribution in [-0.2, 0) is 4.74 Å². The van der Waals surface area contributed by atoms with Crippen molar-refractivity contribution in [2.45, 2.75) is 82.4 Å². The van der Waals surface area contributed by atoms with Crippen LogP contribution in [0.3, 0.4) is 0 Å². The van der Waals surface area contributed by atoms with Crippen LogP contribution in [0.2, 0.25) is 0 Å². The topological polar surface area (TPSA) is 24.5 Å². The standard InChI is InChI=1S/C18H32N2O/c1-2-8-18(7-1)9-5-15(6-10-18)19-12-17-13-20-11-3-4-16(20)14-21-17/h15-17,19H,1-14H2. The molecule has 4 fully saturated rings. The molecule has 2 saturated carbocycles. The quantitative estimate of drug-likeness (QED) is 0.865. The zero-order valence-electron chi connectivity index (χ0n) is 13.5. The third-order valence-electron chi connectivity index (χ3n) is 6.81. The van der Waals surface area contributed by atoms with Gasteiger partial charge in [0.2, 0.25) is 0 Å². The van der Waals surface area contributed by atoms with Crippen molar-refractivity contribution in [2.75, 3.05) is 26.2 Å². The van der Waals surface area contributed by atoms with Crippen molar-refractivity contribution in [3.05, 3.63) is 0 Å². The molecule has 120 valence electrons. The number of ether oxygens (including phenoxy) is 1. The average molecular weight is 292 g/mol. The highest BCUT2D eigenvalue weighted by atomic mass is 16.5. The largest absolute Gasteiger partial charge is 0.374 e. The highest BCUT2D eigenvalue weighted by Gasteiger charge is 2.38. The number of hydrogen-bond acceptors (Lipinski definition) is 3. The van der Waals surface area contributed by atoms with Crippen LogP contribution in [0.4, 0.5) is 0 Å². The number of nitrogens with one attached hydrogen (secondary N) is 1. The van der Waals surface area contributed by atoms with Gasteiger partial charge < -0.3 is 10.1 Å². The van der Waals surface area contributed by atoms with Crippen molar-refractivity contribution in [2.24, 2.45) is 5.41 Å². The molecule has 21 heavy (non-hydrogen) atoms. The molecule has 2 heterocycles. The van der Waals surface area contributed by atoms with Crippen LogP contribution in [0.5, 0.6) is 0 Å². The Morgan fingerprint density at radius 2 is 1.81 bits per heavy atom. The van der Waals surface area contributed by atoms with Crippen molar-refractivity contribution >= 4 is 0 Å². The van der Waals surface area contributed by atoms with E-state index in [0.717, 1.165) is 37.2 Å². The molecule has 2 aliphatic heterocycles. The molecule has 2 aliphatic carbocycles. The van der Waals surface area contributed by atoms with Gasteiger partial charge in [0.25, 0.3) is 0 Å². The summed E-state index contributed by atoms with van der Waals surface area (Å²) < 4.78 is 6.07. The maximum atomic E-state index is 6.07. The molecule has 0 aromatic rings. The van der Waals surface area contributed by atoms with Gasteiger partial charge in [0.05, 0.1) is 12.7 Å². The lowest BCUT2D eigenvalue weighted by Gasteiger charge is -2.39. The van der Waals surface area contributed by atoms with Crippen LogP contribution < -0.4 is 5.32 Å². The molecule has 3 nitrogen and oxygen atoms in total. The van der Waals surface area contributed by atoms with E-state index in [0.29, 0.717) is 6.10 Å². The van der Waals surface area contributed by atoms with E-state index in [4.69, 9.17) is 4.74 Å². The molecule has 3 heteroatoms. The zero-order chi connectivity index (χ0) is 14.1. The molecule has 4 aliphatic rings. The molecule has 0 aromatic heterocycles. The number of fused-ring (bicyclic) bond motifs is 1. The third kappa shape index (κ3) is 3.16. The Balaban J connectivity index is 1.19. The first kappa shape index (κ1) is 14.5. The number of rotatable bonds is 3. The highest BCUT2D eigenvalue weighted by Crippen LogP contribution is 2.48. The lowest BCUT2D eigenvalue weighted by Crippen LogP contribution is -2.51. The average Bonchev–Trinajstić information content (AvgIpc) is 3.16. The van der Waals surface area contributed by atoms with E-state index in [-0.39, 0.29) is 0 Å². The van der Waals surface area contributed by atoms with E-state index in [1.165, 1.54) is 70.8 Å². The summed E-state index contributed by atoms with van der Waals surface area (Å²) in [5.41, 5.74) is 0.766. The van der Waals surface area contributed by atoms with Gasteiger partial charge in [-0.15, -0.1) is 0 Å². The van der Waals surface area contributed by atoms with E-state index in [1.54, 1.807) is 0 Å². The van der Waals surface area contributed by atoms with Gasteiger partial charge in [-0.05, 0) is 63.3 Å². The fourth-order valence-electron chi connectivity index (χ4n) is 5.37. The van der Waals surface area contributed by atoms with E-state index >= 15 is 0 Å².